The Labute approximate surface area is 196 Å². The van der Waals surface area contributed by atoms with Gasteiger partial charge in [0.2, 0.25) is 11.8 Å². The van der Waals surface area contributed by atoms with Crippen LogP contribution in [0.1, 0.15) is 49.3 Å². The fourth-order valence-corrected chi connectivity index (χ4v) is 3.68. The highest BCUT2D eigenvalue weighted by atomic mass is 16.5. The summed E-state index contributed by atoms with van der Waals surface area (Å²) in [6, 6.07) is 15.9. The van der Waals surface area contributed by atoms with Crippen LogP contribution in [-0.2, 0) is 25.6 Å². The number of fused-ring (bicyclic) bond motifs is 2. The van der Waals surface area contributed by atoms with Gasteiger partial charge in [-0.05, 0) is 35.6 Å². The van der Waals surface area contributed by atoms with Crippen molar-refractivity contribution in [2.75, 3.05) is 37.9 Å². The lowest BCUT2D eigenvalue weighted by Crippen LogP contribution is -2.33. The minimum absolute atomic E-state index is 0.0573. The highest BCUT2D eigenvalue weighted by molar-refractivity contribution is 5.98. The fourth-order valence-electron chi connectivity index (χ4n) is 3.68. The van der Waals surface area contributed by atoms with Gasteiger partial charge in [-0.3, -0.25) is 9.59 Å². The number of anilines is 1. The van der Waals surface area contributed by atoms with E-state index in [2.05, 4.69) is 24.4 Å². The Kier molecular flexibility index (Phi) is 10.1. The summed E-state index contributed by atoms with van der Waals surface area (Å²) in [7, 11) is 0. The van der Waals surface area contributed by atoms with Gasteiger partial charge in [-0.25, -0.2) is 0 Å². The number of carbonyl (C=O) groups excluding carboxylic acids is 2. The quantitative estimate of drug-likeness (QED) is 0.486. The number of ether oxygens (including phenoxy) is 2. The van der Waals surface area contributed by atoms with Gasteiger partial charge in [-0.15, -0.1) is 0 Å². The van der Waals surface area contributed by atoms with Crippen LogP contribution < -0.4 is 10.2 Å². The standard InChI is InChI=1S/C27H34N2O4/c1-2-17-32-19-20-33-18-7-16-28-26(30)14-15-27(31)29-21-24-10-4-3-8-22(24)12-13-23-9-5-6-11-25(23)29/h3-6,8-13H,2,7,14-21H2,1H3,(H,28,30)/b13-12-. The first kappa shape index (κ1) is 24.7. The van der Waals surface area contributed by atoms with Crippen molar-refractivity contribution in [3.8, 4) is 0 Å². The summed E-state index contributed by atoms with van der Waals surface area (Å²) in [5.41, 5.74) is 4.04. The highest BCUT2D eigenvalue weighted by Crippen LogP contribution is 2.29. The maximum atomic E-state index is 13.2. The van der Waals surface area contributed by atoms with Crippen molar-refractivity contribution in [3.63, 3.8) is 0 Å². The van der Waals surface area contributed by atoms with Crippen molar-refractivity contribution in [2.24, 2.45) is 0 Å². The third kappa shape index (κ3) is 7.84. The Morgan fingerprint density at radius 1 is 0.879 bits per heavy atom. The molecule has 0 spiro atoms. The van der Waals surface area contributed by atoms with Crippen molar-refractivity contribution in [3.05, 3.63) is 65.2 Å². The first-order valence-corrected chi connectivity index (χ1v) is 11.8. The van der Waals surface area contributed by atoms with E-state index in [9.17, 15) is 9.59 Å². The molecule has 0 saturated carbocycles. The molecule has 0 radical (unpaired) electrons. The second-order valence-electron chi connectivity index (χ2n) is 8.00. The maximum absolute atomic E-state index is 13.2. The van der Waals surface area contributed by atoms with E-state index in [1.165, 1.54) is 0 Å². The van der Waals surface area contributed by atoms with E-state index in [-0.39, 0.29) is 24.7 Å². The lowest BCUT2D eigenvalue weighted by Gasteiger charge is -2.27. The summed E-state index contributed by atoms with van der Waals surface area (Å²) in [5, 5.41) is 2.88. The first-order chi connectivity index (χ1) is 16.2. The van der Waals surface area contributed by atoms with Crippen LogP contribution in [0.4, 0.5) is 5.69 Å². The molecule has 1 aliphatic heterocycles. The number of nitrogens with one attached hydrogen (secondary N) is 1. The number of amides is 2. The predicted octanol–water partition coefficient (Wildman–Crippen LogP) is 4.43. The van der Waals surface area contributed by atoms with Gasteiger partial charge in [0.25, 0.3) is 0 Å². The van der Waals surface area contributed by atoms with Gasteiger partial charge in [-0.2, -0.15) is 0 Å². The molecule has 0 aliphatic carbocycles. The Bertz CT molecular complexity index is 941. The number of carbonyl (C=O) groups is 2. The van der Waals surface area contributed by atoms with E-state index in [1.54, 1.807) is 4.90 Å². The summed E-state index contributed by atoms with van der Waals surface area (Å²) in [4.78, 5) is 27.2. The van der Waals surface area contributed by atoms with E-state index < -0.39 is 0 Å². The van der Waals surface area contributed by atoms with Gasteiger partial charge in [0.15, 0.2) is 0 Å². The monoisotopic (exact) mass is 450 g/mol. The molecular formula is C27H34N2O4. The number of hydrogen-bond donors (Lipinski definition) is 1. The van der Waals surface area contributed by atoms with E-state index in [4.69, 9.17) is 9.47 Å². The Morgan fingerprint density at radius 3 is 2.39 bits per heavy atom. The average Bonchev–Trinajstić information content (AvgIpc) is 2.83. The lowest BCUT2D eigenvalue weighted by atomic mass is 10.0. The molecule has 1 heterocycles. The molecule has 0 unspecified atom stereocenters. The van der Waals surface area contributed by atoms with Gasteiger partial charge < -0.3 is 19.7 Å². The summed E-state index contributed by atoms with van der Waals surface area (Å²) < 4.78 is 10.8. The van der Waals surface area contributed by atoms with Gasteiger partial charge >= 0.3 is 0 Å². The van der Waals surface area contributed by atoms with Crippen LogP contribution in [-0.4, -0.2) is 44.8 Å². The van der Waals surface area contributed by atoms with Gasteiger partial charge in [-0.1, -0.05) is 61.5 Å². The van der Waals surface area contributed by atoms with Crippen LogP contribution >= 0.6 is 0 Å². The van der Waals surface area contributed by atoms with Crippen LogP contribution in [0, 0.1) is 0 Å². The first-order valence-electron chi connectivity index (χ1n) is 11.8. The van der Waals surface area contributed by atoms with Crippen molar-refractivity contribution in [2.45, 2.75) is 39.2 Å². The molecule has 0 fully saturated rings. The van der Waals surface area contributed by atoms with Gasteiger partial charge in [0.05, 0.1) is 25.4 Å². The number of para-hydroxylation sites is 1. The van der Waals surface area contributed by atoms with E-state index in [0.717, 1.165) is 41.8 Å². The molecule has 33 heavy (non-hydrogen) atoms. The normalized spacial score (nSPS) is 13.4. The molecule has 0 atom stereocenters. The molecule has 2 aromatic carbocycles. The van der Waals surface area contributed by atoms with Gasteiger partial charge in [0.1, 0.15) is 0 Å². The van der Waals surface area contributed by atoms with E-state index in [0.29, 0.717) is 32.9 Å². The average molecular weight is 451 g/mol. The number of hydrogen-bond acceptors (Lipinski definition) is 4. The zero-order valence-electron chi connectivity index (χ0n) is 19.4. The molecule has 6 heteroatoms. The number of nitrogens with zero attached hydrogens (tertiary/aromatic N) is 1. The topological polar surface area (TPSA) is 67.9 Å². The third-order valence-corrected chi connectivity index (χ3v) is 5.43. The second kappa shape index (κ2) is 13.6. The number of rotatable bonds is 12. The Hall–Kier alpha value is -2.96. The fraction of sp³-hybridized carbons (Fsp3) is 0.407. The van der Waals surface area contributed by atoms with Crippen molar-refractivity contribution >= 4 is 29.7 Å². The van der Waals surface area contributed by atoms with Crippen LogP contribution in [0.25, 0.3) is 12.2 Å². The van der Waals surface area contributed by atoms with Crippen molar-refractivity contribution in [1.29, 1.82) is 0 Å². The number of benzene rings is 2. The zero-order valence-corrected chi connectivity index (χ0v) is 19.4. The Balaban J connectivity index is 1.47. The van der Waals surface area contributed by atoms with E-state index in [1.807, 2.05) is 48.5 Å². The SMILES string of the molecule is CCCOCCOCCCNC(=O)CCC(=O)N1Cc2ccccc2/C=C\c2ccccc21. The van der Waals surface area contributed by atoms with Crippen molar-refractivity contribution in [1.82, 2.24) is 5.32 Å². The molecule has 0 bridgehead atoms. The molecule has 0 saturated heterocycles. The minimum atomic E-state index is -0.116. The summed E-state index contributed by atoms with van der Waals surface area (Å²) in [6.45, 7) is 5.59. The molecule has 0 aromatic heterocycles. The molecule has 3 rings (SSSR count). The van der Waals surface area contributed by atoms with Crippen LogP contribution in [0.5, 0.6) is 0 Å². The molecule has 6 nitrogen and oxygen atoms in total. The molecule has 1 aliphatic rings. The molecule has 176 valence electrons. The second-order valence-corrected chi connectivity index (χ2v) is 8.00. The third-order valence-electron chi connectivity index (χ3n) is 5.43. The lowest BCUT2D eigenvalue weighted by molar-refractivity contribution is -0.125. The zero-order chi connectivity index (χ0) is 23.3. The Morgan fingerprint density at radius 2 is 1.58 bits per heavy atom. The van der Waals surface area contributed by atoms with Crippen LogP contribution in [0.15, 0.2) is 48.5 Å². The van der Waals surface area contributed by atoms with Crippen LogP contribution in [0.2, 0.25) is 0 Å². The summed E-state index contributed by atoms with van der Waals surface area (Å²) in [6.07, 6.45) is 6.20. The summed E-state index contributed by atoms with van der Waals surface area (Å²) in [5.74, 6) is -0.173. The molecule has 2 aromatic rings. The molecule has 2 amide bonds. The smallest absolute Gasteiger partial charge is 0.227 e. The molecule has 1 N–H and O–H groups in total. The van der Waals surface area contributed by atoms with Crippen molar-refractivity contribution < 1.29 is 19.1 Å². The van der Waals surface area contributed by atoms with Gasteiger partial charge in [0, 0.05) is 32.6 Å². The maximum Gasteiger partial charge on any atom is 0.227 e. The largest absolute Gasteiger partial charge is 0.379 e. The molecular weight excluding hydrogens is 416 g/mol. The predicted molar refractivity (Wildman–Crippen MR) is 132 cm³/mol. The highest BCUT2D eigenvalue weighted by Gasteiger charge is 2.21. The minimum Gasteiger partial charge on any atom is -0.379 e. The summed E-state index contributed by atoms with van der Waals surface area (Å²) >= 11 is 0. The van der Waals surface area contributed by atoms with Crippen LogP contribution in [0.3, 0.4) is 0 Å². The van der Waals surface area contributed by atoms with E-state index >= 15 is 0 Å².